The Balaban J connectivity index is 1.76. The van der Waals surface area contributed by atoms with E-state index < -0.39 is 12.4 Å². The third-order valence-corrected chi connectivity index (χ3v) is 2.67. The van der Waals surface area contributed by atoms with Gasteiger partial charge in [-0.2, -0.15) is 0 Å². The Morgan fingerprint density at radius 1 is 1.29 bits per heavy atom. The lowest BCUT2D eigenvalue weighted by Gasteiger charge is -2.22. The molecule has 1 aliphatic rings. The zero-order valence-corrected chi connectivity index (χ0v) is 9.84. The first kappa shape index (κ1) is 12.0. The molecule has 90 valence electrons. The van der Waals surface area contributed by atoms with Crippen molar-refractivity contribution >= 4 is 5.78 Å². The third-order valence-electron chi connectivity index (χ3n) is 2.67. The maximum Gasteiger partial charge on any atom is 0.184 e. The molecular weight excluding hydrogens is 216 g/mol. The van der Waals surface area contributed by atoms with E-state index >= 15 is 0 Å². The van der Waals surface area contributed by atoms with Crippen molar-refractivity contribution in [2.75, 3.05) is 6.61 Å². The minimum Gasteiger partial charge on any atom is -0.349 e. The van der Waals surface area contributed by atoms with Crippen molar-refractivity contribution in [3.05, 3.63) is 48.0 Å². The first-order chi connectivity index (χ1) is 8.25. The molecule has 2 atom stereocenters. The van der Waals surface area contributed by atoms with E-state index in [-0.39, 0.29) is 5.78 Å². The fourth-order valence-corrected chi connectivity index (χ4v) is 1.65. The molecule has 3 nitrogen and oxygen atoms in total. The summed E-state index contributed by atoms with van der Waals surface area (Å²) < 4.78 is 10.9. The second-order valence-corrected chi connectivity index (χ2v) is 4.01. The molecule has 0 amide bonds. The van der Waals surface area contributed by atoms with Gasteiger partial charge >= 0.3 is 0 Å². The van der Waals surface area contributed by atoms with Crippen LogP contribution in [0.4, 0.5) is 0 Å². The largest absolute Gasteiger partial charge is 0.349 e. The molecule has 1 heterocycles. The number of carbonyl (C=O) groups excluding carboxylic acids is 1. The lowest BCUT2D eigenvalue weighted by molar-refractivity contribution is -0.159. The summed E-state index contributed by atoms with van der Waals surface area (Å²) in [6.45, 7) is 2.32. The average Bonchev–Trinajstić information content (AvgIpc) is 2.35. The topological polar surface area (TPSA) is 35.5 Å². The highest BCUT2D eigenvalue weighted by Gasteiger charge is 2.20. The molecule has 1 aliphatic heterocycles. The van der Waals surface area contributed by atoms with Crippen LogP contribution in [0.1, 0.15) is 12.5 Å². The van der Waals surface area contributed by atoms with Gasteiger partial charge in [-0.3, -0.25) is 4.79 Å². The molecule has 0 spiro atoms. The predicted octanol–water partition coefficient (Wildman–Crippen LogP) is 2.12. The number of ketones is 1. The molecule has 0 fully saturated rings. The van der Waals surface area contributed by atoms with Crippen molar-refractivity contribution < 1.29 is 14.3 Å². The van der Waals surface area contributed by atoms with Crippen LogP contribution in [0.2, 0.25) is 0 Å². The summed E-state index contributed by atoms with van der Waals surface area (Å²) >= 11 is 0. The summed E-state index contributed by atoms with van der Waals surface area (Å²) in [6, 6.07) is 10.1. The van der Waals surface area contributed by atoms with Crippen LogP contribution < -0.4 is 0 Å². The Bertz CT molecular complexity index is 397. The van der Waals surface area contributed by atoms with Crippen LogP contribution in [0.5, 0.6) is 0 Å². The van der Waals surface area contributed by atoms with E-state index in [1.807, 2.05) is 18.2 Å². The minimum atomic E-state index is -0.401. The summed E-state index contributed by atoms with van der Waals surface area (Å²) in [5.41, 5.74) is 1.23. The molecule has 1 aromatic rings. The van der Waals surface area contributed by atoms with Crippen molar-refractivity contribution in [2.24, 2.45) is 0 Å². The number of ether oxygens (including phenoxy) is 2. The fraction of sp³-hybridized carbons (Fsp3) is 0.357. The first-order valence-corrected chi connectivity index (χ1v) is 5.79. The van der Waals surface area contributed by atoms with Gasteiger partial charge < -0.3 is 9.47 Å². The molecule has 1 aromatic carbocycles. The Kier molecular flexibility index (Phi) is 4.07. The van der Waals surface area contributed by atoms with E-state index in [1.165, 1.54) is 11.6 Å². The van der Waals surface area contributed by atoms with Crippen LogP contribution in [0, 0.1) is 0 Å². The standard InChI is InChI=1S/C14H16O3/c1-11-13(15)7-8-14(17-11)16-10-9-12-5-3-2-4-6-12/h2-8,11,14H,9-10H2,1H3/t11-,14-/m0/s1. The molecule has 2 rings (SSSR count). The number of benzene rings is 1. The van der Waals surface area contributed by atoms with Gasteiger partial charge in [-0.25, -0.2) is 0 Å². The third kappa shape index (κ3) is 3.51. The highest BCUT2D eigenvalue weighted by molar-refractivity contribution is 5.93. The molecule has 17 heavy (non-hydrogen) atoms. The second-order valence-electron chi connectivity index (χ2n) is 4.01. The van der Waals surface area contributed by atoms with Gasteiger partial charge in [-0.15, -0.1) is 0 Å². The van der Waals surface area contributed by atoms with Gasteiger partial charge in [0, 0.05) is 0 Å². The van der Waals surface area contributed by atoms with Gasteiger partial charge in [0.15, 0.2) is 12.1 Å². The number of carbonyl (C=O) groups is 1. The van der Waals surface area contributed by atoms with E-state index in [0.717, 1.165) is 6.42 Å². The van der Waals surface area contributed by atoms with Crippen LogP contribution in [0.3, 0.4) is 0 Å². The Morgan fingerprint density at radius 2 is 2.06 bits per heavy atom. The molecule has 3 heteroatoms. The molecule has 0 saturated heterocycles. The summed E-state index contributed by atoms with van der Waals surface area (Å²) in [4.78, 5) is 11.2. The highest BCUT2D eigenvalue weighted by atomic mass is 16.7. The fourth-order valence-electron chi connectivity index (χ4n) is 1.65. The van der Waals surface area contributed by atoms with E-state index in [0.29, 0.717) is 6.61 Å². The van der Waals surface area contributed by atoms with Crippen molar-refractivity contribution in [3.63, 3.8) is 0 Å². The minimum absolute atomic E-state index is 0.00657. The van der Waals surface area contributed by atoms with Gasteiger partial charge in [-0.1, -0.05) is 30.3 Å². The van der Waals surface area contributed by atoms with Crippen LogP contribution >= 0.6 is 0 Å². The number of rotatable bonds is 4. The Hall–Kier alpha value is -1.45. The van der Waals surface area contributed by atoms with Gasteiger partial charge in [0.25, 0.3) is 0 Å². The normalized spacial score (nSPS) is 23.9. The van der Waals surface area contributed by atoms with E-state index in [4.69, 9.17) is 9.47 Å². The zero-order chi connectivity index (χ0) is 12.1. The maximum atomic E-state index is 11.2. The van der Waals surface area contributed by atoms with Gasteiger partial charge in [0.1, 0.15) is 6.10 Å². The van der Waals surface area contributed by atoms with Crippen molar-refractivity contribution in [3.8, 4) is 0 Å². The summed E-state index contributed by atoms with van der Waals surface area (Å²) in [7, 11) is 0. The van der Waals surface area contributed by atoms with Gasteiger partial charge in [0.2, 0.25) is 0 Å². The summed E-state index contributed by atoms with van der Waals surface area (Å²) in [5.74, 6) is -0.00657. The van der Waals surface area contributed by atoms with Crippen molar-refractivity contribution in [1.29, 1.82) is 0 Å². The van der Waals surface area contributed by atoms with Crippen molar-refractivity contribution in [2.45, 2.75) is 25.7 Å². The Labute approximate surface area is 101 Å². The highest BCUT2D eigenvalue weighted by Crippen LogP contribution is 2.10. The van der Waals surface area contributed by atoms with Gasteiger partial charge in [-0.05, 0) is 31.1 Å². The quantitative estimate of drug-likeness (QED) is 0.797. The molecule has 0 radical (unpaired) electrons. The van der Waals surface area contributed by atoms with E-state index in [2.05, 4.69) is 12.1 Å². The van der Waals surface area contributed by atoms with Crippen LogP contribution in [0.25, 0.3) is 0 Å². The molecule has 0 saturated carbocycles. The maximum absolute atomic E-state index is 11.2. The molecule has 0 aromatic heterocycles. The molecule has 0 unspecified atom stereocenters. The monoisotopic (exact) mass is 232 g/mol. The van der Waals surface area contributed by atoms with Crippen LogP contribution in [0.15, 0.2) is 42.5 Å². The molecule has 0 N–H and O–H groups in total. The molecule has 0 bridgehead atoms. The summed E-state index contributed by atoms with van der Waals surface area (Å²) in [5, 5.41) is 0. The smallest absolute Gasteiger partial charge is 0.184 e. The van der Waals surface area contributed by atoms with E-state index in [1.54, 1.807) is 13.0 Å². The first-order valence-electron chi connectivity index (χ1n) is 5.79. The average molecular weight is 232 g/mol. The molecule has 0 aliphatic carbocycles. The van der Waals surface area contributed by atoms with Crippen LogP contribution in [-0.4, -0.2) is 24.8 Å². The second kappa shape index (κ2) is 5.75. The summed E-state index contributed by atoms with van der Waals surface area (Å²) in [6.07, 6.45) is 3.24. The lowest BCUT2D eigenvalue weighted by Crippen LogP contribution is -2.31. The number of hydrogen-bond donors (Lipinski definition) is 0. The zero-order valence-electron chi connectivity index (χ0n) is 9.84. The predicted molar refractivity (Wildman–Crippen MR) is 64.6 cm³/mol. The lowest BCUT2D eigenvalue weighted by atomic mass is 10.2. The van der Waals surface area contributed by atoms with Gasteiger partial charge in [0.05, 0.1) is 6.61 Å². The SMILES string of the molecule is C[C@@H]1O[C@H](OCCc2ccccc2)C=CC1=O. The number of hydrogen-bond acceptors (Lipinski definition) is 3. The molecular formula is C14H16O3. The van der Waals surface area contributed by atoms with Crippen molar-refractivity contribution in [1.82, 2.24) is 0 Å². The van der Waals surface area contributed by atoms with Crippen LogP contribution in [-0.2, 0) is 20.7 Å². The van der Waals surface area contributed by atoms with E-state index in [9.17, 15) is 4.79 Å². The Morgan fingerprint density at radius 3 is 2.76 bits per heavy atom.